The van der Waals surface area contributed by atoms with Crippen LogP contribution in [-0.2, 0) is 10.0 Å². The molecule has 0 N–H and O–H groups in total. The minimum atomic E-state index is -4.03. The quantitative estimate of drug-likeness (QED) is 0.674. The number of carbonyl (C=O) groups is 1. The summed E-state index contributed by atoms with van der Waals surface area (Å²) in [6.45, 7) is 1.88. The summed E-state index contributed by atoms with van der Waals surface area (Å²) in [4.78, 5) is 13.2. The van der Waals surface area contributed by atoms with Crippen LogP contribution in [0, 0.1) is 6.92 Å². The third kappa shape index (κ3) is 2.86. The molecule has 1 heterocycles. The molecule has 3 aromatic carbocycles. The first-order valence-electron chi connectivity index (χ1n) is 8.82. The molecule has 0 fully saturated rings. The standard InChI is InChI=1S/C22H19NO4S/c1-15-7-13-18(14-8-15)28(25,26)23-21(16-9-11-17(27-2)12-10-16)19-5-3-4-6-20(19)22(23)24/h3-14,21H,1-2H3. The summed E-state index contributed by atoms with van der Waals surface area (Å²) in [5, 5.41) is 0. The van der Waals surface area contributed by atoms with Gasteiger partial charge in [0.1, 0.15) is 5.75 Å². The molecule has 1 atom stereocenters. The van der Waals surface area contributed by atoms with E-state index in [4.69, 9.17) is 4.74 Å². The number of carbonyl (C=O) groups excluding carboxylic acids is 1. The molecule has 28 heavy (non-hydrogen) atoms. The van der Waals surface area contributed by atoms with E-state index in [9.17, 15) is 13.2 Å². The summed E-state index contributed by atoms with van der Waals surface area (Å²) in [7, 11) is -2.47. The van der Waals surface area contributed by atoms with Crippen LogP contribution in [-0.4, -0.2) is 25.7 Å². The maximum absolute atomic E-state index is 13.4. The molecule has 1 aliphatic rings. The molecular formula is C22H19NO4S. The fourth-order valence-electron chi connectivity index (χ4n) is 3.47. The zero-order valence-corrected chi connectivity index (χ0v) is 16.3. The van der Waals surface area contributed by atoms with Gasteiger partial charge in [-0.2, -0.15) is 0 Å². The highest BCUT2D eigenvalue weighted by Gasteiger charge is 2.45. The average Bonchev–Trinajstić information content (AvgIpc) is 3.02. The summed E-state index contributed by atoms with van der Waals surface area (Å²) in [5.74, 6) is 0.145. The maximum atomic E-state index is 13.4. The minimum absolute atomic E-state index is 0.0952. The van der Waals surface area contributed by atoms with E-state index in [1.165, 1.54) is 12.1 Å². The maximum Gasteiger partial charge on any atom is 0.268 e. The highest BCUT2D eigenvalue weighted by atomic mass is 32.2. The Bertz CT molecular complexity index is 1140. The van der Waals surface area contributed by atoms with Crippen molar-refractivity contribution >= 4 is 15.9 Å². The van der Waals surface area contributed by atoms with Crippen LogP contribution in [0.2, 0.25) is 0 Å². The van der Waals surface area contributed by atoms with Crippen LogP contribution in [0.4, 0.5) is 0 Å². The molecule has 1 aliphatic heterocycles. The highest BCUT2D eigenvalue weighted by Crippen LogP contribution is 2.42. The third-order valence-electron chi connectivity index (χ3n) is 4.93. The molecule has 0 radical (unpaired) electrons. The second-order valence-electron chi connectivity index (χ2n) is 6.68. The number of benzene rings is 3. The van der Waals surface area contributed by atoms with Crippen molar-refractivity contribution in [2.24, 2.45) is 0 Å². The van der Waals surface area contributed by atoms with E-state index >= 15 is 0 Å². The van der Waals surface area contributed by atoms with Crippen LogP contribution in [0.1, 0.15) is 33.1 Å². The number of ether oxygens (including phenoxy) is 1. The van der Waals surface area contributed by atoms with Crippen molar-refractivity contribution in [3.05, 3.63) is 95.1 Å². The van der Waals surface area contributed by atoms with Gasteiger partial charge in [0, 0.05) is 5.56 Å². The van der Waals surface area contributed by atoms with Crippen LogP contribution < -0.4 is 4.74 Å². The van der Waals surface area contributed by atoms with E-state index in [1.807, 2.05) is 13.0 Å². The van der Waals surface area contributed by atoms with Crippen molar-refractivity contribution in [1.29, 1.82) is 0 Å². The molecule has 1 unspecified atom stereocenters. The Morgan fingerprint density at radius 3 is 2.18 bits per heavy atom. The number of sulfonamides is 1. The van der Waals surface area contributed by atoms with Crippen molar-refractivity contribution in [3.8, 4) is 5.75 Å². The second-order valence-corrected chi connectivity index (χ2v) is 8.50. The monoisotopic (exact) mass is 393 g/mol. The number of rotatable bonds is 4. The molecule has 0 spiro atoms. The van der Waals surface area contributed by atoms with Crippen molar-refractivity contribution in [1.82, 2.24) is 4.31 Å². The lowest BCUT2D eigenvalue weighted by atomic mass is 9.98. The molecule has 0 aromatic heterocycles. The number of hydrogen-bond donors (Lipinski definition) is 0. The third-order valence-corrected chi connectivity index (χ3v) is 6.69. The molecule has 5 nitrogen and oxygen atoms in total. The van der Waals surface area contributed by atoms with Gasteiger partial charge in [-0.25, -0.2) is 12.7 Å². The molecule has 0 bridgehead atoms. The number of amides is 1. The van der Waals surface area contributed by atoms with Gasteiger partial charge in [0.05, 0.1) is 18.0 Å². The van der Waals surface area contributed by atoms with Gasteiger partial charge in [0.2, 0.25) is 0 Å². The number of aryl methyl sites for hydroxylation is 1. The van der Waals surface area contributed by atoms with E-state index in [0.29, 0.717) is 22.4 Å². The van der Waals surface area contributed by atoms with Gasteiger partial charge in [0.15, 0.2) is 0 Å². The highest BCUT2D eigenvalue weighted by molar-refractivity contribution is 7.89. The van der Waals surface area contributed by atoms with Crippen LogP contribution in [0.25, 0.3) is 0 Å². The summed E-state index contributed by atoms with van der Waals surface area (Å²) >= 11 is 0. The Hall–Kier alpha value is -3.12. The topological polar surface area (TPSA) is 63.7 Å². The zero-order chi connectivity index (χ0) is 19.9. The molecule has 4 rings (SSSR count). The van der Waals surface area contributed by atoms with Crippen molar-refractivity contribution in [3.63, 3.8) is 0 Å². The fraction of sp³-hybridized carbons (Fsp3) is 0.136. The molecule has 0 saturated heterocycles. The van der Waals surface area contributed by atoms with Crippen LogP contribution in [0.5, 0.6) is 5.75 Å². The molecular weight excluding hydrogens is 374 g/mol. The van der Waals surface area contributed by atoms with E-state index in [1.54, 1.807) is 61.7 Å². The average molecular weight is 393 g/mol. The largest absolute Gasteiger partial charge is 0.497 e. The Morgan fingerprint density at radius 1 is 0.893 bits per heavy atom. The summed E-state index contributed by atoms with van der Waals surface area (Å²) in [5.41, 5.74) is 2.73. The van der Waals surface area contributed by atoms with Gasteiger partial charge in [0.25, 0.3) is 15.9 Å². The van der Waals surface area contributed by atoms with E-state index in [2.05, 4.69) is 0 Å². The Balaban J connectivity index is 1.88. The molecule has 1 amide bonds. The molecule has 3 aromatic rings. The smallest absolute Gasteiger partial charge is 0.268 e. The molecule has 0 saturated carbocycles. The van der Waals surface area contributed by atoms with Gasteiger partial charge in [-0.15, -0.1) is 0 Å². The normalized spacial score (nSPS) is 16.1. The first-order valence-corrected chi connectivity index (χ1v) is 10.3. The predicted molar refractivity (Wildman–Crippen MR) is 106 cm³/mol. The lowest BCUT2D eigenvalue weighted by molar-refractivity contribution is 0.0865. The van der Waals surface area contributed by atoms with Crippen molar-refractivity contribution in [2.45, 2.75) is 17.9 Å². The lowest BCUT2D eigenvalue weighted by Crippen LogP contribution is -2.35. The van der Waals surface area contributed by atoms with Gasteiger partial charge in [-0.1, -0.05) is 48.0 Å². The zero-order valence-electron chi connectivity index (χ0n) is 15.5. The molecule has 142 valence electrons. The minimum Gasteiger partial charge on any atom is -0.497 e. The van der Waals surface area contributed by atoms with Gasteiger partial charge in [-0.05, 0) is 48.4 Å². The Labute approximate surface area is 164 Å². The molecule has 6 heteroatoms. The molecule has 0 aliphatic carbocycles. The van der Waals surface area contributed by atoms with Gasteiger partial charge < -0.3 is 4.74 Å². The predicted octanol–water partition coefficient (Wildman–Crippen LogP) is 3.94. The van der Waals surface area contributed by atoms with Gasteiger partial charge in [-0.3, -0.25) is 4.79 Å². The van der Waals surface area contributed by atoms with Gasteiger partial charge >= 0.3 is 0 Å². The van der Waals surface area contributed by atoms with Crippen molar-refractivity contribution in [2.75, 3.05) is 7.11 Å². The van der Waals surface area contributed by atoms with Crippen molar-refractivity contribution < 1.29 is 17.9 Å². The van der Waals surface area contributed by atoms with Crippen LogP contribution in [0.15, 0.2) is 77.7 Å². The Kier molecular flexibility index (Phi) is 4.43. The number of hydrogen-bond acceptors (Lipinski definition) is 4. The second kappa shape index (κ2) is 6.80. The summed E-state index contributed by atoms with van der Waals surface area (Å²) < 4.78 is 33.0. The number of methoxy groups -OCH3 is 1. The Morgan fingerprint density at radius 2 is 1.54 bits per heavy atom. The lowest BCUT2D eigenvalue weighted by Gasteiger charge is -2.25. The van der Waals surface area contributed by atoms with E-state index < -0.39 is 22.0 Å². The first kappa shape index (κ1) is 18.3. The summed E-state index contributed by atoms with van der Waals surface area (Å²) in [6.07, 6.45) is 0. The number of fused-ring (bicyclic) bond motifs is 1. The number of nitrogens with zero attached hydrogens (tertiary/aromatic N) is 1. The SMILES string of the molecule is COc1ccc(C2c3ccccc3C(=O)N2S(=O)(=O)c2ccc(C)cc2)cc1. The summed E-state index contributed by atoms with van der Waals surface area (Å²) in [6, 6.07) is 19.9. The van der Waals surface area contributed by atoms with E-state index in [0.717, 1.165) is 9.87 Å². The fourth-order valence-corrected chi connectivity index (χ4v) is 5.00. The van der Waals surface area contributed by atoms with E-state index in [-0.39, 0.29) is 4.90 Å². The van der Waals surface area contributed by atoms with Crippen LogP contribution >= 0.6 is 0 Å². The first-order chi connectivity index (χ1) is 13.4. The van der Waals surface area contributed by atoms with Crippen LogP contribution in [0.3, 0.4) is 0 Å².